The maximum Gasteiger partial charge on any atom is 0.104 e. The predicted octanol–water partition coefficient (Wildman–Crippen LogP) is 1.64. The van der Waals surface area contributed by atoms with Gasteiger partial charge in [-0.1, -0.05) is 37.0 Å². The topological polar surface area (TPSA) is 40.5 Å². The first-order valence-corrected chi connectivity index (χ1v) is 6.23. The molecule has 0 fully saturated rings. The molecule has 16 heavy (non-hydrogen) atoms. The van der Waals surface area contributed by atoms with Crippen molar-refractivity contribution in [1.29, 1.82) is 0 Å². The molecule has 1 aromatic carbocycles. The van der Waals surface area contributed by atoms with E-state index in [4.69, 9.17) is 10.2 Å². The zero-order valence-corrected chi connectivity index (χ0v) is 10.1. The molecule has 86 valence electrons. The van der Waals surface area contributed by atoms with Gasteiger partial charge in [0.15, 0.2) is 0 Å². The molecule has 2 nitrogen and oxygen atoms in total. The molecular weight excluding hydrogens is 220 g/mol. The number of aliphatic hydroxyl groups excluding tert-OH is 2. The van der Waals surface area contributed by atoms with Crippen molar-refractivity contribution in [3.63, 3.8) is 0 Å². The third-order valence-corrected chi connectivity index (χ3v) is 3.30. The first-order valence-electron chi connectivity index (χ1n) is 5.18. The van der Waals surface area contributed by atoms with Gasteiger partial charge in [0.2, 0.25) is 0 Å². The van der Waals surface area contributed by atoms with E-state index in [1.807, 2.05) is 31.2 Å². The highest BCUT2D eigenvalue weighted by molar-refractivity contribution is 7.99. The molecule has 1 atom stereocenters. The van der Waals surface area contributed by atoms with Gasteiger partial charge in [0.1, 0.15) is 6.61 Å². The molecule has 0 radical (unpaired) electrons. The van der Waals surface area contributed by atoms with Gasteiger partial charge in [0, 0.05) is 16.6 Å². The maximum absolute atomic E-state index is 8.94. The fourth-order valence-electron chi connectivity index (χ4n) is 1.19. The Balaban J connectivity index is 2.71. The van der Waals surface area contributed by atoms with E-state index >= 15 is 0 Å². The van der Waals surface area contributed by atoms with E-state index < -0.39 is 0 Å². The highest BCUT2D eigenvalue weighted by atomic mass is 32.2. The summed E-state index contributed by atoms with van der Waals surface area (Å²) < 4.78 is 0. The number of thioether (sulfide) groups is 1. The third kappa shape index (κ3) is 4.28. The molecule has 2 N–H and O–H groups in total. The summed E-state index contributed by atoms with van der Waals surface area (Å²) >= 11 is 1.70. The first kappa shape index (κ1) is 13.1. The average Bonchev–Trinajstić information content (AvgIpc) is 2.34. The fourth-order valence-corrected chi connectivity index (χ4v) is 2.01. The van der Waals surface area contributed by atoms with Crippen molar-refractivity contribution < 1.29 is 10.2 Å². The van der Waals surface area contributed by atoms with Gasteiger partial charge in [-0.3, -0.25) is 0 Å². The molecule has 1 unspecified atom stereocenters. The summed E-state index contributed by atoms with van der Waals surface area (Å²) in [4.78, 5) is 0. The second-order valence-electron chi connectivity index (χ2n) is 3.42. The normalized spacial score (nSPS) is 11.7. The van der Waals surface area contributed by atoms with Gasteiger partial charge in [-0.05, 0) is 11.6 Å². The van der Waals surface area contributed by atoms with Crippen molar-refractivity contribution in [2.24, 2.45) is 0 Å². The Kier molecular flexibility index (Phi) is 6.02. The van der Waals surface area contributed by atoms with Crippen LogP contribution in [0, 0.1) is 11.8 Å². The van der Waals surface area contributed by atoms with Gasteiger partial charge >= 0.3 is 0 Å². The van der Waals surface area contributed by atoms with Gasteiger partial charge in [-0.15, -0.1) is 0 Å². The molecular formula is C13H16O2S. The van der Waals surface area contributed by atoms with E-state index in [1.54, 1.807) is 11.8 Å². The van der Waals surface area contributed by atoms with Crippen LogP contribution in [0.25, 0.3) is 0 Å². The summed E-state index contributed by atoms with van der Waals surface area (Å²) in [6, 6.07) is 7.88. The van der Waals surface area contributed by atoms with E-state index in [-0.39, 0.29) is 18.5 Å². The van der Waals surface area contributed by atoms with Crippen LogP contribution >= 0.6 is 11.8 Å². The maximum atomic E-state index is 8.94. The Bertz CT molecular complexity index is 379. The lowest BCUT2D eigenvalue weighted by atomic mass is 10.1. The molecule has 1 aromatic rings. The largest absolute Gasteiger partial charge is 0.395 e. The standard InChI is InChI=1S/C13H16O2S/c1-11(9-15)16-10-13-6-3-2-5-12(13)7-4-8-14/h2-3,5-6,11,14-15H,8-10H2,1H3. The van der Waals surface area contributed by atoms with Crippen LogP contribution in [0.4, 0.5) is 0 Å². The summed E-state index contributed by atoms with van der Waals surface area (Å²) in [5.41, 5.74) is 2.10. The Hall–Kier alpha value is -0.950. The van der Waals surface area contributed by atoms with Crippen molar-refractivity contribution in [3.05, 3.63) is 35.4 Å². The molecule has 0 aliphatic rings. The molecule has 0 amide bonds. The Morgan fingerprint density at radius 1 is 1.31 bits per heavy atom. The van der Waals surface area contributed by atoms with Gasteiger partial charge in [0.05, 0.1) is 6.61 Å². The monoisotopic (exact) mass is 236 g/mol. The number of rotatable bonds is 4. The highest BCUT2D eigenvalue weighted by Gasteiger charge is 2.03. The molecule has 0 heterocycles. The van der Waals surface area contributed by atoms with Crippen molar-refractivity contribution >= 4 is 11.8 Å². The van der Waals surface area contributed by atoms with Crippen LogP contribution in [0.2, 0.25) is 0 Å². The average molecular weight is 236 g/mol. The van der Waals surface area contributed by atoms with Crippen LogP contribution in [0.1, 0.15) is 18.1 Å². The zero-order valence-electron chi connectivity index (χ0n) is 9.31. The van der Waals surface area contributed by atoms with E-state index in [0.717, 1.165) is 16.9 Å². The lowest BCUT2D eigenvalue weighted by Gasteiger charge is -2.08. The van der Waals surface area contributed by atoms with Gasteiger partial charge < -0.3 is 10.2 Å². The lowest BCUT2D eigenvalue weighted by molar-refractivity contribution is 0.300. The second kappa shape index (κ2) is 7.34. The molecule has 0 aromatic heterocycles. The smallest absolute Gasteiger partial charge is 0.104 e. The molecule has 1 rings (SSSR count). The van der Waals surface area contributed by atoms with Crippen LogP contribution in [-0.4, -0.2) is 28.7 Å². The van der Waals surface area contributed by atoms with Crippen LogP contribution in [0.15, 0.2) is 24.3 Å². The highest BCUT2D eigenvalue weighted by Crippen LogP contribution is 2.19. The molecule has 0 bridgehead atoms. The summed E-state index contributed by atoms with van der Waals surface area (Å²) in [7, 11) is 0. The minimum atomic E-state index is -0.117. The minimum absolute atomic E-state index is 0.117. The van der Waals surface area contributed by atoms with Gasteiger partial charge in [0.25, 0.3) is 0 Å². The molecule has 0 aliphatic heterocycles. The van der Waals surface area contributed by atoms with E-state index in [1.165, 1.54) is 0 Å². The van der Waals surface area contributed by atoms with Gasteiger partial charge in [-0.2, -0.15) is 11.8 Å². The summed E-state index contributed by atoms with van der Waals surface area (Å²) in [5, 5.41) is 17.8. The molecule has 0 aliphatic carbocycles. The summed E-state index contributed by atoms with van der Waals surface area (Å²) in [5.74, 6) is 6.41. The minimum Gasteiger partial charge on any atom is -0.395 e. The molecule has 3 heteroatoms. The lowest BCUT2D eigenvalue weighted by Crippen LogP contribution is -2.02. The number of hydrogen-bond donors (Lipinski definition) is 2. The number of aliphatic hydroxyl groups is 2. The van der Waals surface area contributed by atoms with Crippen LogP contribution in [-0.2, 0) is 5.75 Å². The van der Waals surface area contributed by atoms with Crippen molar-refractivity contribution in [3.8, 4) is 11.8 Å². The van der Waals surface area contributed by atoms with Crippen molar-refractivity contribution in [2.45, 2.75) is 17.9 Å². The fraction of sp³-hybridized carbons (Fsp3) is 0.385. The predicted molar refractivity (Wildman–Crippen MR) is 68.2 cm³/mol. The molecule has 0 saturated heterocycles. The number of benzene rings is 1. The molecule has 0 saturated carbocycles. The van der Waals surface area contributed by atoms with Crippen molar-refractivity contribution in [1.82, 2.24) is 0 Å². The van der Waals surface area contributed by atoms with Crippen molar-refractivity contribution in [2.75, 3.05) is 13.2 Å². The summed E-state index contributed by atoms with van der Waals surface area (Å²) in [6.07, 6.45) is 0. The number of hydrogen-bond acceptors (Lipinski definition) is 3. The Morgan fingerprint density at radius 3 is 2.75 bits per heavy atom. The zero-order chi connectivity index (χ0) is 11.8. The Morgan fingerprint density at radius 2 is 2.06 bits per heavy atom. The molecule has 0 spiro atoms. The third-order valence-electron chi connectivity index (χ3n) is 2.10. The van der Waals surface area contributed by atoms with E-state index in [0.29, 0.717) is 0 Å². The first-order chi connectivity index (χ1) is 7.77. The van der Waals surface area contributed by atoms with Gasteiger partial charge in [-0.25, -0.2) is 0 Å². The van der Waals surface area contributed by atoms with Crippen LogP contribution < -0.4 is 0 Å². The Labute approximate surface area is 101 Å². The van der Waals surface area contributed by atoms with Crippen LogP contribution in [0.5, 0.6) is 0 Å². The van der Waals surface area contributed by atoms with E-state index in [9.17, 15) is 0 Å². The summed E-state index contributed by atoms with van der Waals surface area (Å²) in [6.45, 7) is 2.07. The quantitative estimate of drug-likeness (QED) is 0.781. The second-order valence-corrected chi connectivity index (χ2v) is 4.85. The van der Waals surface area contributed by atoms with E-state index in [2.05, 4.69) is 11.8 Å². The van der Waals surface area contributed by atoms with Crippen LogP contribution in [0.3, 0.4) is 0 Å². The SMILES string of the molecule is CC(CO)SCc1ccccc1C#CCO.